The van der Waals surface area contributed by atoms with E-state index in [0.717, 1.165) is 17.7 Å². The van der Waals surface area contributed by atoms with Gasteiger partial charge in [0.05, 0.1) is 12.7 Å². The average molecular weight is 456 g/mol. The van der Waals surface area contributed by atoms with Crippen LogP contribution >= 0.6 is 0 Å². The third-order valence-corrected chi connectivity index (χ3v) is 4.95. The summed E-state index contributed by atoms with van der Waals surface area (Å²) < 4.78 is 43.2. The summed E-state index contributed by atoms with van der Waals surface area (Å²) in [7, 11) is 1.54. The van der Waals surface area contributed by atoms with Gasteiger partial charge in [0.1, 0.15) is 5.75 Å². The molecule has 0 heterocycles. The molecule has 3 rings (SSSR count). The third-order valence-electron chi connectivity index (χ3n) is 4.95. The summed E-state index contributed by atoms with van der Waals surface area (Å²) in [6.07, 6.45) is -4.46. The lowest BCUT2D eigenvalue weighted by Crippen LogP contribution is -2.33. The van der Waals surface area contributed by atoms with Gasteiger partial charge in [-0.1, -0.05) is 30.3 Å². The number of hydrogen-bond acceptors (Lipinski definition) is 3. The van der Waals surface area contributed by atoms with Crippen molar-refractivity contribution in [3.8, 4) is 5.75 Å². The van der Waals surface area contributed by atoms with Crippen molar-refractivity contribution in [2.75, 3.05) is 19.0 Å². The van der Waals surface area contributed by atoms with Crippen LogP contribution in [0.5, 0.6) is 5.75 Å². The number of benzene rings is 3. The molecular weight excluding hydrogens is 433 g/mol. The monoisotopic (exact) mass is 456 g/mol. The summed E-state index contributed by atoms with van der Waals surface area (Å²) in [5.74, 6) is -0.0312. The Labute approximate surface area is 189 Å². The van der Waals surface area contributed by atoms with Gasteiger partial charge in [0.15, 0.2) is 0 Å². The van der Waals surface area contributed by atoms with Gasteiger partial charge in [-0.05, 0) is 54.1 Å². The van der Waals surface area contributed by atoms with Crippen LogP contribution in [0.3, 0.4) is 0 Å². The van der Waals surface area contributed by atoms with Crippen LogP contribution in [0, 0.1) is 0 Å². The summed E-state index contributed by atoms with van der Waals surface area (Å²) >= 11 is 0. The molecule has 0 fully saturated rings. The summed E-state index contributed by atoms with van der Waals surface area (Å²) in [6.45, 7) is 0.436. The maximum Gasteiger partial charge on any atom is 0.416 e. The molecule has 0 spiro atoms. The van der Waals surface area contributed by atoms with Gasteiger partial charge in [0, 0.05) is 30.8 Å². The lowest BCUT2D eigenvalue weighted by atomic mass is 10.1. The minimum absolute atomic E-state index is 0.0181. The highest BCUT2D eigenvalue weighted by molar-refractivity contribution is 5.95. The van der Waals surface area contributed by atoms with Gasteiger partial charge in [-0.3, -0.25) is 9.59 Å². The first-order valence-electron chi connectivity index (χ1n) is 10.2. The van der Waals surface area contributed by atoms with Gasteiger partial charge >= 0.3 is 6.18 Å². The van der Waals surface area contributed by atoms with Gasteiger partial charge < -0.3 is 15.0 Å². The number of hydrogen-bond donors (Lipinski definition) is 1. The van der Waals surface area contributed by atoms with Crippen LogP contribution in [-0.4, -0.2) is 30.4 Å². The van der Waals surface area contributed by atoms with Crippen LogP contribution in [0.1, 0.15) is 27.9 Å². The smallest absolute Gasteiger partial charge is 0.416 e. The lowest BCUT2D eigenvalue weighted by Gasteiger charge is -2.23. The molecule has 2 amide bonds. The normalized spacial score (nSPS) is 11.0. The predicted molar refractivity (Wildman–Crippen MR) is 119 cm³/mol. The fraction of sp³-hybridized carbons (Fsp3) is 0.200. The van der Waals surface area contributed by atoms with E-state index in [1.54, 1.807) is 29.2 Å². The lowest BCUT2D eigenvalue weighted by molar-refractivity contribution is -0.137. The summed E-state index contributed by atoms with van der Waals surface area (Å²) in [5.41, 5.74) is 0.820. The fourth-order valence-electron chi connectivity index (χ4n) is 3.17. The Kier molecular flexibility index (Phi) is 7.71. The molecule has 0 aliphatic carbocycles. The molecule has 0 atom stereocenters. The molecule has 0 saturated heterocycles. The van der Waals surface area contributed by atoms with E-state index in [9.17, 15) is 22.8 Å². The first kappa shape index (κ1) is 23.8. The minimum Gasteiger partial charge on any atom is -0.497 e. The molecule has 8 heteroatoms. The Balaban J connectivity index is 1.67. The van der Waals surface area contributed by atoms with Crippen LogP contribution in [-0.2, 0) is 17.5 Å². The number of anilines is 1. The molecule has 33 heavy (non-hydrogen) atoms. The summed E-state index contributed by atoms with van der Waals surface area (Å²) in [4.78, 5) is 27.1. The van der Waals surface area contributed by atoms with Gasteiger partial charge in [0.25, 0.3) is 5.91 Å². The van der Waals surface area contributed by atoms with Crippen LogP contribution in [0.15, 0.2) is 78.9 Å². The number of nitrogens with zero attached hydrogens (tertiary/aromatic N) is 1. The van der Waals surface area contributed by atoms with E-state index in [0.29, 0.717) is 17.9 Å². The molecule has 5 nitrogen and oxygen atoms in total. The second kappa shape index (κ2) is 10.7. The minimum atomic E-state index is -4.44. The molecule has 0 aromatic heterocycles. The molecule has 0 radical (unpaired) electrons. The number of rotatable bonds is 8. The summed E-state index contributed by atoms with van der Waals surface area (Å²) in [5, 5.41) is 2.57. The highest BCUT2D eigenvalue weighted by Crippen LogP contribution is 2.29. The van der Waals surface area contributed by atoms with Crippen LogP contribution in [0.25, 0.3) is 0 Å². The van der Waals surface area contributed by atoms with Crippen LogP contribution < -0.4 is 10.1 Å². The first-order chi connectivity index (χ1) is 15.8. The number of ether oxygens (including phenoxy) is 1. The zero-order valence-corrected chi connectivity index (χ0v) is 17.9. The molecule has 172 valence electrons. The standard InChI is InChI=1S/C25H23F3N2O3/c1-33-22-13-7-19(8-14-22)24(32)30(17-18-5-3-2-4-6-18)16-15-23(31)29-21-11-9-20(10-12-21)25(26,27)28/h2-14H,15-17H2,1H3,(H,29,31). The van der Waals surface area contributed by atoms with Gasteiger partial charge in [-0.15, -0.1) is 0 Å². The maximum absolute atomic E-state index is 13.1. The highest BCUT2D eigenvalue weighted by atomic mass is 19.4. The number of methoxy groups -OCH3 is 1. The Morgan fingerprint density at radius 2 is 1.55 bits per heavy atom. The number of halogens is 3. The molecule has 3 aromatic carbocycles. The van der Waals surface area contributed by atoms with Crippen molar-refractivity contribution < 1.29 is 27.5 Å². The summed E-state index contributed by atoms with van der Waals surface area (Å²) in [6, 6.07) is 20.3. The Morgan fingerprint density at radius 3 is 2.12 bits per heavy atom. The fourth-order valence-corrected chi connectivity index (χ4v) is 3.17. The van der Waals surface area contributed by atoms with Gasteiger partial charge in [0.2, 0.25) is 5.91 Å². The van der Waals surface area contributed by atoms with Crippen molar-refractivity contribution in [2.24, 2.45) is 0 Å². The highest BCUT2D eigenvalue weighted by Gasteiger charge is 2.30. The Bertz CT molecular complexity index is 1070. The number of carbonyl (C=O) groups is 2. The van der Waals surface area contributed by atoms with Crippen molar-refractivity contribution in [3.63, 3.8) is 0 Å². The van der Waals surface area contributed by atoms with E-state index >= 15 is 0 Å². The number of amides is 2. The van der Waals surface area contributed by atoms with Crippen molar-refractivity contribution in [1.29, 1.82) is 0 Å². The average Bonchev–Trinajstić information content (AvgIpc) is 2.82. The molecule has 0 unspecified atom stereocenters. The van der Waals surface area contributed by atoms with Crippen molar-refractivity contribution in [3.05, 3.63) is 95.6 Å². The topological polar surface area (TPSA) is 58.6 Å². The largest absolute Gasteiger partial charge is 0.497 e. The predicted octanol–water partition coefficient (Wildman–Crippen LogP) is 5.39. The maximum atomic E-state index is 13.1. The van der Waals surface area contributed by atoms with Crippen LogP contribution in [0.2, 0.25) is 0 Å². The Hall–Kier alpha value is -3.81. The van der Waals surface area contributed by atoms with E-state index in [4.69, 9.17) is 4.74 Å². The quantitative estimate of drug-likeness (QED) is 0.495. The molecule has 0 saturated carbocycles. The van der Waals surface area contributed by atoms with Gasteiger partial charge in [-0.2, -0.15) is 13.2 Å². The van der Waals surface area contributed by atoms with Crippen molar-refractivity contribution in [2.45, 2.75) is 19.1 Å². The molecule has 1 N–H and O–H groups in total. The van der Waals surface area contributed by atoms with E-state index < -0.39 is 17.6 Å². The molecule has 0 aliphatic rings. The second-order valence-electron chi connectivity index (χ2n) is 7.31. The van der Waals surface area contributed by atoms with Gasteiger partial charge in [-0.25, -0.2) is 0 Å². The SMILES string of the molecule is COc1ccc(C(=O)N(CCC(=O)Nc2ccc(C(F)(F)F)cc2)Cc2ccccc2)cc1. The third kappa shape index (κ3) is 6.83. The Morgan fingerprint density at radius 1 is 0.909 bits per heavy atom. The second-order valence-corrected chi connectivity index (χ2v) is 7.31. The van der Waals surface area contributed by atoms with E-state index in [1.165, 1.54) is 19.2 Å². The van der Waals surface area contributed by atoms with E-state index in [1.807, 2.05) is 30.3 Å². The van der Waals surface area contributed by atoms with E-state index in [2.05, 4.69) is 5.32 Å². The van der Waals surface area contributed by atoms with E-state index in [-0.39, 0.29) is 24.6 Å². The zero-order valence-electron chi connectivity index (χ0n) is 17.9. The first-order valence-corrected chi connectivity index (χ1v) is 10.2. The molecule has 3 aromatic rings. The molecule has 0 bridgehead atoms. The molecular formula is C25H23F3N2O3. The van der Waals surface area contributed by atoms with Crippen molar-refractivity contribution in [1.82, 2.24) is 4.90 Å². The number of nitrogens with one attached hydrogen (secondary N) is 1. The number of alkyl halides is 3. The van der Waals surface area contributed by atoms with Crippen molar-refractivity contribution >= 4 is 17.5 Å². The zero-order chi connectivity index (χ0) is 23.8. The van der Waals surface area contributed by atoms with Crippen LogP contribution in [0.4, 0.5) is 18.9 Å². The molecule has 0 aliphatic heterocycles. The number of carbonyl (C=O) groups excluding carboxylic acids is 2.